The Morgan fingerprint density at radius 2 is 1.88 bits per heavy atom. The zero-order valence-electron chi connectivity index (χ0n) is 14.4. The molecule has 1 aliphatic heterocycles. The molecule has 0 spiro atoms. The van der Waals surface area contributed by atoms with E-state index in [4.69, 9.17) is 0 Å². The number of aromatic nitrogens is 1. The number of amides is 1. The molecule has 1 aromatic carbocycles. The maximum atomic E-state index is 13.6. The minimum absolute atomic E-state index is 0.0483. The van der Waals surface area contributed by atoms with E-state index in [-0.39, 0.29) is 11.7 Å². The predicted molar refractivity (Wildman–Crippen MR) is 97.2 cm³/mol. The van der Waals surface area contributed by atoms with Crippen molar-refractivity contribution in [3.8, 4) is 0 Å². The second kappa shape index (κ2) is 8.60. The fraction of sp³-hybridized carbons (Fsp3) is 0.400. The molecule has 25 heavy (non-hydrogen) atoms. The summed E-state index contributed by atoms with van der Waals surface area (Å²) in [7, 11) is 0. The van der Waals surface area contributed by atoms with Gasteiger partial charge in [0.2, 0.25) is 0 Å². The van der Waals surface area contributed by atoms with Crippen LogP contribution in [-0.4, -0.2) is 35.4 Å². The SMILES string of the molecule is O=C(c1cncc(NCCc2ccccc2F)c1)N1CCCCCC1. The number of likely N-dealkylation sites (tertiary alicyclic amines) is 1. The fourth-order valence-corrected chi connectivity index (χ4v) is 3.15. The Kier molecular flexibility index (Phi) is 5.99. The van der Waals surface area contributed by atoms with Crippen molar-refractivity contribution in [2.24, 2.45) is 0 Å². The molecule has 0 aliphatic carbocycles. The lowest BCUT2D eigenvalue weighted by Gasteiger charge is -2.20. The largest absolute Gasteiger partial charge is 0.383 e. The molecule has 3 rings (SSSR count). The molecule has 1 aromatic heterocycles. The molecule has 0 unspecified atom stereocenters. The quantitative estimate of drug-likeness (QED) is 0.897. The third-order valence-corrected chi connectivity index (χ3v) is 4.56. The predicted octanol–water partition coefficient (Wildman–Crippen LogP) is 3.89. The van der Waals surface area contributed by atoms with Crippen molar-refractivity contribution in [3.63, 3.8) is 0 Å². The van der Waals surface area contributed by atoms with E-state index in [0.29, 0.717) is 24.1 Å². The van der Waals surface area contributed by atoms with Crippen LogP contribution in [0.2, 0.25) is 0 Å². The number of nitrogens with one attached hydrogen (secondary N) is 1. The van der Waals surface area contributed by atoms with E-state index in [1.54, 1.807) is 24.5 Å². The van der Waals surface area contributed by atoms with Gasteiger partial charge in [-0.2, -0.15) is 0 Å². The van der Waals surface area contributed by atoms with Crippen LogP contribution >= 0.6 is 0 Å². The third-order valence-electron chi connectivity index (χ3n) is 4.56. The molecule has 132 valence electrons. The topological polar surface area (TPSA) is 45.2 Å². The molecule has 1 aliphatic rings. The first-order chi connectivity index (χ1) is 12.2. The van der Waals surface area contributed by atoms with Gasteiger partial charge in [-0.25, -0.2) is 4.39 Å². The summed E-state index contributed by atoms with van der Waals surface area (Å²) < 4.78 is 13.6. The first-order valence-corrected chi connectivity index (χ1v) is 8.95. The van der Waals surface area contributed by atoms with Crippen LogP contribution in [0.15, 0.2) is 42.7 Å². The number of hydrogen-bond acceptors (Lipinski definition) is 3. The molecule has 0 bridgehead atoms. The number of rotatable bonds is 5. The highest BCUT2D eigenvalue weighted by Gasteiger charge is 2.17. The minimum atomic E-state index is -0.187. The number of pyridine rings is 1. The molecule has 2 aromatic rings. The smallest absolute Gasteiger partial charge is 0.255 e. The average molecular weight is 341 g/mol. The van der Waals surface area contributed by atoms with Gasteiger partial charge in [0.25, 0.3) is 5.91 Å². The summed E-state index contributed by atoms with van der Waals surface area (Å²) in [5.41, 5.74) is 2.08. The van der Waals surface area contributed by atoms with Gasteiger partial charge in [0.1, 0.15) is 5.82 Å². The van der Waals surface area contributed by atoms with Crippen LogP contribution in [0.1, 0.15) is 41.6 Å². The van der Waals surface area contributed by atoms with Crippen LogP contribution in [-0.2, 0) is 6.42 Å². The van der Waals surface area contributed by atoms with E-state index in [2.05, 4.69) is 10.3 Å². The van der Waals surface area contributed by atoms with Crippen LogP contribution < -0.4 is 5.32 Å². The maximum Gasteiger partial charge on any atom is 0.255 e. The highest BCUT2D eigenvalue weighted by atomic mass is 19.1. The molecule has 2 heterocycles. The summed E-state index contributed by atoms with van der Waals surface area (Å²) in [5, 5.41) is 3.23. The number of hydrogen-bond donors (Lipinski definition) is 1. The zero-order chi connectivity index (χ0) is 17.5. The van der Waals surface area contributed by atoms with E-state index < -0.39 is 0 Å². The van der Waals surface area contributed by atoms with Crippen LogP contribution in [0.3, 0.4) is 0 Å². The maximum absolute atomic E-state index is 13.6. The Hall–Kier alpha value is -2.43. The van der Waals surface area contributed by atoms with Crippen LogP contribution in [0, 0.1) is 5.82 Å². The Balaban J connectivity index is 1.59. The summed E-state index contributed by atoms with van der Waals surface area (Å²) in [4.78, 5) is 18.8. The molecule has 4 nitrogen and oxygen atoms in total. The van der Waals surface area contributed by atoms with Crippen molar-refractivity contribution < 1.29 is 9.18 Å². The van der Waals surface area contributed by atoms with Gasteiger partial charge in [0, 0.05) is 32.0 Å². The van der Waals surface area contributed by atoms with Gasteiger partial charge in [0.05, 0.1) is 11.3 Å². The van der Waals surface area contributed by atoms with Crippen molar-refractivity contribution in [2.45, 2.75) is 32.1 Å². The van der Waals surface area contributed by atoms with E-state index >= 15 is 0 Å². The summed E-state index contributed by atoms with van der Waals surface area (Å²) in [6, 6.07) is 8.61. The van der Waals surface area contributed by atoms with Gasteiger partial charge < -0.3 is 10.2 Å². The van der Waals surface area contributed by atoms with Crippen LogP contribution in [0.4, 0.5) is 10.1 Å². The lowest BCUT2D eigenvalue weighted by atomic mass is 10.1. The molecular formula is C20H24FN3O. The molecule has 1 saturated heterocycles. The third kappa shape index (κ3) is 4.78. The molecular weight excluding hydrogens is 317 g/mol. The normalized spacial score (nSPS) is 14.8. The van der Waals surface area contributed by atoms with Gasteiger partial charge >= 0.3 is 0 Å². The summed E-state index contributed by atoms with van der Waals surface area (Å²) in [6.45, 7) is 2.23. The first-order valence-electron chi connectivity index (χ1n) is 8.95. The highest BCUT2D eigenvalue weighted by molar-refractivity contribution is 5.94. The summed E-state index contributed by atoms with van der Waals surface area (Å²) >= 11 is 0. The van der Waals surface area contributed by atoms with E-state index in [0.717, 1.165) is 31.6 Å². The Morgan fingerprint density at radius 3 is 2.64 bits per heavy atom. The molecule has 0 saturated carbocycles. The van der Waals surface area contributed by atoms with Crippen molar-refractivity contribution in [1.82, 2.24) is 9.88 Å². The Bertz CT molecular complexity index is 712. The van der Waals surface area contributed by atoms with Crippen LogP contribution in [0.5, 0.6) is 0 Å². The lowest BCUT2D eigenvalue weighted by molar-refractivity contribution is 0.0761. The fourth-order valence-electron chi connectivity index (χ4n) is 3.15. The lowest BCUT2D eigenvalue weighted by Crippen LogP contribution is -2.31. The molecule has 0 radical (unpaired) electrons. The van der Waals surface area contributed by atoms with E-state index in [1.807, 2.05) is 17.0 Å². The molecule has 5 heteroatoms. The van der Waals surface area contributed by atoms with Gasteiger partial charge in [-0.1, -0.05) is 31.0 Å². The number of nitrogens with zero attached hydrogens (tertiary/aromatic N) is 2. The monoisotopic (exact) mass is 341 g/mol. The zero-order valence-corrected chi connectivity index (χ0v) is 14.4. The molecule has 1 fully saturated rings. The molecule has 1 amide bonds. The van der Waals surface area contributed by atoms with E-state index in [1.165, 1.54) is 18.9 Å². The number of halogens is 1. The van der Waals surface area contributed by atoms with Crippen molar-refractivity contribution in [2.75, 3.05) is 25.0 Å². The molecule has 1 N–H and O–H groups in total. The highest BCUT2D eigenvalue weighted by Crippen LogP contribution is 2.16. The Morgan fingerprint density at radius 1 is 1.12 bits per heavy atom. The number of carbonyl (C=O) groups excluding carboxylic acids is 1. The average Bonchev–Trinajstić information content (AvgIpc) is 2.92. The number of carbonyl (C=O) groups is 1. The number of anilines is 1. The van der Waals surface area contributed by atoms with Crippen LogP contribution in [0.25, 0.3) is 0 Å². The van der Waals surface area contributed by atoms with Crippen molar-refractivity contribution in [3.05, 3.63) is 59.7 Å². The second-order valence-electron chi connectivity index (χ2n) is 6.44. The van der Waals surface area contributed by atoms with Gasteiger partial charge in [-0.15, -0.1) is 0 Å². The van der Waals surface area contributed by atoms with Gasteiger partial charge in [-0.05, 0) is 37.0 Å². The second-order valence-corrected chi connectivity index (χ2v) is 6.44. The first kappa shape index (κ1) is 17.4. The van der Waals surface area contributed by atoms with Crippen molar-refractivity contribution >= 4 is 11.6 Å². The van der Waals surface area contributed by atoms with E-state index in [9.17, 15) is 9.18 Å². The molecule has 0 atom stereocenters. The van der Waals surface area contributed by atoms with Crippen molar-refractivity contribution in [1.29, 1.82) is 0 Å². The van der Waals surface area contributed by atoms with Gasteiger partial charge in [0.15, 0.2) is 0 Å². The van der Waals surface area contributed by atoms with Gasteiger partial charge in [-0.3, -0.25) is 9.78 Å². The summed E-state index contributed by atoms with van der Waals surface area (Å²) in [5.74, 6) is -0.139. The standard InChI is InChI=1S/C20H24FN3O/c21-19-8-4-3-7-16(19)9-10-23-18-13-17(14-22-15-18)20(25)24-11-5-1-2-6-12-24/h3-4,7-8,13-15,23H,1-2,5-6,9-12H2. The number of benzene rings is 1. The Labute approximate surface area is 148 Å². The summed E-state index contributed by atoms with van der Waals surface area (Å²) in [6.07, 6.45) is 8.42. The minimum Gasteiger partial charge on any atom is -0.383 e.